The zero-order valence-corrected chi connectivity index (χ0v) is 29.9. The van der Waals surface area contributed by atoms with Crippen molar-refractivity contribution in [3.63, 3.8) is 0 Å². The first-order valence-electron chi connectivity index (χ1n) is 18.2. The fourth-order valence-corrected chi connectivity index (χ4v) is 7.41. The number of carbonyl (C=O) groups is 1. The molecule has 8 heteroatoms. The molecule has 1 saturated carbocycles. The van der Waals surface area contributed by atoms with Gasteiger partial charge in [0.2, 0.25) is 0 Å². The predicted octanol–water partition coefficient (Wildman–Crippen LogP) is 10.1. The van der Waals surface area contributed by atoms with Crippen LogP contribution in [0.3, 0.4) is 0 Å². The van der Waals surface area contributed by atoms with E-state index < -0.39 is 19.3 Å². The van der Waals surface area contributed by atoms with Crippen molar-refractivity contribution in [3.05, 3.63) is 0 Å². The number of phosphoric ester groups is 1. The minimum Gasteiger partial charge on any atom is -0.465 e. The number of likely N-dealkylation sites (N-methyl/N-ethyl adjacent to an activating group) is 1. The Balaban J connectivity index is 2.19. The molecule has 0 bridgehead atoms. The summed E-state index contributed by atoms with van der Waals surface area (Å²) in [5.41, 5.74) is -0.855. The van der Waals surface area contributed by atoms with E-state index in [4.69, 9.17) is 13.8 Å². The van der Waals surface area contributed by atoms with Crippen LogP contribution in [-0.4, -0.2) is 62.4 Å². The van der Waals surface area contributed by atoms with Gasteiger partial charge < -0.3 is 14.1 Å². The van der Waals surface area contributed by atoms with Gasteiger partial charge in [-0.05, 0) is 32.6 Å². The van der Waals surface area contributed by atoms with Gasteiger partial charge in [-0.1, -0.05) is 135 Å². The van der Waals surface area contributed by atoms with Gasteiger partial charge in [-0.15, -0.1) is 0 Å². The van der Waals surface area contributed by atoms with E-state index in [1.807, 2.05) is 21.1 Å². The van der Waals surface area contributed by atoms with Crippen molar-refractivity contribution in [2.45, 2.75) is 174 Å². The van der Waals surface area contributed by atoms with Crippen LogP contribution in [0.5, 0.6) is 0 Å². The molecule has 0 aromatic rings. The van der Waals surface area contributed by atoms with Crippen molar-refractivity contribution in [2.75, 3.05) is 40.9 Å². The molecule has 0 aromatic carbocycles. The fraction of sp³-hybridized carbons (Fsp3) is 0.971. The van der Waals surface area contributed by atoms with Gasteiger partial charge in [0.1, 0.15) is 13.2 Å². The second kappa shape index (κ2) is 23.8. The zero-order chi connectivity index (χ0) is 31.9. The molecule has 256 valence electrons. The highest BCUT2D eigenvalue weighted by molar-refractivity contribution is 7.47. The summed E-state index contributed by atoms with van der Waals surface area (Å²) in [4.78, 5) is 23.5. The van der Waals surface area contributed by atoms with E-state index >= 15 is 0 Å². The maximum atomic E-state index is 13.1. The Morgan fingerprint density at radius 2 is 1.21 bits per heavy atom. The number of nitrogens with zero attached hydrogens (tertiary/aromatic N) is 1. The average molecular weight is 633 g/mol. The summed E-state index contributed by atoms with van der Waals surface area (Å²) in [5.74, 6) is -0.290. The molecule has 1 aliphatic rings. The van der Waals surface area contributed by atoms with Gasteiger partial charge in [-0.2, -0.15) is 0 Å². The van der Waals surface area contributed by atoms with Gasteiger partial charge in [0, 0.05) is 0 Å². The molecule has 0 amide bonds. The largest absolute Gasteiger partial charge is 0.472 e. The Morgan fingerprint density at radius 3 is 1.63 bits per heavy atom. The number of hydrogen-bond acceptors (Lipinski definition) is 5. The second-order valence-corrected chi connectivity index (χ2v) is 15.6. The highest BCUT2D eigenvalue weighted by Crippen LogP contribution is 2.54. The number of quaternary nitrogens is 1. The van der Waals surface area contributed by atoms with E-state index in [2.05, 4.69) is 6.92 Å². The van der Waals surface area contributed by atoms with Crippen LogP contribution in [0.2, 0.25) is 0 Å². The molecule has 0 spiro atoms. The Labute approximate surface area is 266 Å². The quantitative estimate of drug-likeness (QED) is 0.0382. The third kappa shape index (κ3) is 19.6. The van der Waals surface area contributed by atoms with E-state index in [9.17, 15) is 14.3 Å². The third-order valence-corrected chi connectivity index (χ3v) is 10.2. The molecule has 3 atom stereocenters. The summed E-state index contributed by atoms with van der Waals surface area (Å²) in [6.07, 6.45) is 28.6. The lowest BCUT2D eigenvalue weighted by molar-refractivity contribution is -0.870. The number of esters is 1. The summed E-state index contributed by atoms with van der Waals surface area (Å²) in [6.45, 7) is 5.09. The molecule has 0 saturated heterocycles. The van der Waals surface area contributed by atoms with Gasteiger partial charge in [0.15, 0.2) is 0 Å². The molecule has 0 radical (unpaired) electrons. The normalized spacial score (nSPS) is 20.4. The molecule has 1 unspecified atom stereocenters. The summed E-state index contributed by atoms with van der Waals surface area (Å²) in [5, 5.41) is 0. The summed E-state index contributed by atoms with van der Waals surface area (Å²) in [6, 6.07) is 0. The third-order valence-electron chi connectivity index (χ3n) is 9.14. The Hall–Kier alpha value is -0.460. The average Bonchev–Trinajstić information content (AvgIpc) is 3.33. The van der Waals surface area contributed by atoms with Gasteiger partial charge in [0.25, 0.3) is 0 Å². The van der Waals surface area contributed by atoms with E-state index in [-0.39, 0.29) is 12.6 Å². The van der Waals surface area contributed by atoms with Crippen LogP contribution in [0.1, 0.15) is 168 Å². The Kier molecular flexibility index (Phi) is 22.5. The highest BCUT2D eigenvalue weighted by atomic mass is 31.2. The lowest BCUT2D eigenvalue weighted by Gasteiger charge is -2.33. The van der Waals surface area contributed by atoms with Crippen molar-refractivity contribution < 1.29 is 32.5 Å². The van der Waals surface area contributed by atoms with Gasteiger partial charge in [-0.25, -0.2) is 4.57 Å². The van der Waals surface area contributed by atoms with Crippen LogP contribution in [0, 0.1) is 5.41 Å². The monoisotopic (exact) mass is 633 g/mol. The van der Waals surface area contributed by atoms with E-state index in [1.165, 1.54) is 109 Å². The van der Waals surface area contributed by atoms with Crippen molar-refractivity contribution in [3.8, 4) is 0 Å². The number of carbonyl (C=O) groups excluding carboxylic acids is 1. The molecular formula is C35H71NO6P+. The molecule has 0 aromatic heterocycles. The lowest BCUT2D eigenvalue weighted by Crippen LogP contribution is -2.41. The van der Waals surface area contributed by atoms with Crippen LogP contribution in [0.25, 0.3) is 0 Å². The van der Waals surface area contributed by atoms with E-state index in [1.54, 1.807) is 6.92 Å². The molecule has 1 N–H and O–H groups in total. The SMILES string of the molecule is CCCCCCCCCCCCCCCCCCCCCC[C@@]1(C(=O)OCC)CCC[C@@H]1OP(=O)(O)OCC[N+](C)(C)C. The molecule has 0 aliphatic heterocycles. The number of hydrogen-bond donors (Lipinski definition) is 1. The number of rotatable bonds is 29. The van der Waals surface area contributed by atoms with Gasteiger partial charge >= 0.3 is 13.8 Å². The minimum absolute atomic E-state index is 0.121. The van der Waals surface area contributed by atoms with Crippen LogP contribution in [0.15, 0.2) is 0 Å². The maximum Gasteiger partial charge on any atom is 0.472 e. The smallest absolute Gasteiger partial charge is 0.465 e. The van der Waals surface area contributed by atoms with E-state index in [0.29, 0.717) is 36.9 Å². The predicted molar refractivity (Wildman–Crippen MR) is 179 cm³/mol. The van der Waals surface area contributed by atoms with Crippen LogP contribution in [0.4, 0.5) is 0 Å². The summed E-state index contributed by atoms with van der Waals surface area (Å²) in [7, 11) is 1.72. The van der Waals surface area contributed by atoms with Crippen molar-refractivity contribution >= 4 is 13.8 Å². The number of ether oxygens (including phenoxy) is 1. The van der Waals surface area contributed by atoms with E-state index in [0.717, 1.165) is 25.7 Å². The molecule has 43 heavy (non-hydrogen) atoms. The fourth-order valence-electron chi connectivity index (χ4n) is 6.41. The van der Waals surface area contributed by atoms with Crippen molar-refractivity contribution in [1.82, 2.24) is 0 Å². The molecule has 0 heterocycles. The summed E-state index contributed by atoms with van der Waals surface area (Å²) >= 11 is 0. The summed E-state index contributed by atoms with van der Waals surface area (Å²) < 4.78 is 29.8. The van der Waals surface area contributed by atoms with Gasteiger partial charge in [0.05, 0.1) is 39.3 Å². The molecule has 1 aliphatic carbocycles. The first-order valence-corrected chi connectivity index (χ1v) is 19.7. The minimum atomic E-state index is -4.26. The van der Waals surface area contributed by atoms with Gasteiger partial charge in [-0.3, -0.25) is 13.8 Å². The topological polar surface area (TPSA) is 82.1 Å². The molecule has 1 fully saturated rings. The van der Waals surface area contributed by atoms with Crippen LogP contribution >= 0.6 is 7.82 Å². The molecule has 1 rings (SSSR count). The lowest BCUT2D eigenvalue weighted by atomic mass is 9.79. The van der Waals surface area contributed by atoms with Crippen LogP contribution in [-0.2, 0) is 23.1 Å². The zero-order valence-electron chi connectivity index (χ0n) is 29.1. The second-order valence-electron chi connectivity index (χ2n) is 14.1. The maximum absolute atomic E-state index is 13.1. The Morgan fingerprint density at radius 1 is 0.767 bits per heavy atom. The first kappa shape index (κ1) is 40.6. The first-order chi connectivity index (χ1) is 20.6. The van der Waals surface area contributed by atoms with Crippen molar-refractivity contribution in [1.29, 1.82) is 0 Å². The number of phosphoric acid groups is 1. The standard InChI is InChI=1S/C35H70NO6P/c1-6-8-9-10-11-12-13-14-15-16-17-18-19-20-21-22-23-24-25-26-29-35(34(37)40-7-2)30-27-28-33(35)42-43(38,39)41-32-31-36(3,4)5/h33H,6-32H2,1-5H3/p+1/t33-,35+/m0/s1. The van der Waals surface area contributed by atoms with Crippen LogP contribution < -0.4 is 0 Å². The Bertz CT molecular complexity index is 742. The van der Waals surface area contributed by atoms with Crippen molar-refractivity contribution in [2.24, 2.45) is 5.41 Å². The molecule has 7 nitrogen and oxygen atoms in total. The molecular weight excluding hydrogens is 561 g/mol. The highest BCUT2D eigenvalue weighted by Gasteiger charge is 2.52. The number of unbranched alkanes of at least 4 members (excludes halogenated alkanes) is 19.